The van der Waals surface area contributed by atoms with E-state index in [4.69, 9.17) is 9.84 Å². The molecule has 0 saturated carbocycles. The van der Waals surface area contributed by atoms with Gasteiger partial charge in [-0.2, -0.15) is 0 Å². The minimum Gasteiger partial charge on any atom is -0.493 e. The molecule has 2 aromatic rings. The third kappa shape index (κ3) is 6.60. The Morgan fingerprint density at radius 1 is 1.07 bits per heavy atom. The minimum absolute atomic E-state index is 0.303. The first-order valence-electron chi connectivity index (χ1n) is 8.80. The van der Waals surface area contributed by atoms with Crippen LogP contribution in [0.4, 0.5) is 5.69 Å². The Kier molecular flexibility index (Phi) is 7.77. The molecule has 0 aromatic heterocycles. The van der Waals surface area contributed by atoms with Crippen molar-refractivity contribution in [2.75, 3.05) is 18.5 Å². The number of ether oxygens (including phenoxy) is 1. The van der Waals surface area contributed by atoms with Crippen LogP contribution < -0.4 is 15.4 Å². The number of carboxylic acids is 1. The van der Waals surface area contributed by atoms with E-state index >= 15 is 0 Å². The van der Waals surface area contributed by atoms with Crippen LogP contribution in [0.2, 0.25) is 0 Å². The van der Waals surface area contributed by atoms with Gasteiger partial charge in [-0.15, -0.1) is 0 Å². The fraction of sp³-hybridized carbons (Fsp3) is 0.190. The van der Waals surface area contributed by atoms with E-state index in [1.807, 2.05) is 31.2 Å². The molecule has 2 amide bonds. The van der Waals surface area contributed by atoms with Crippen LogP contribution in [0, 0.1) is 0 Å². The van der Waals surface area contributed by atoms with Crippen LogP contribution in [0.25, 0.3) is 6.08 Å². The highest BCUT2D eigenvalue weighted by Crippen LogP contribution is 2.19. The number of carbonyl (C=O) groups excluding carboxylic acids is 2. The molecule has 0 bridgehead atoms. The molecule has 0 aliphatic rings. The fourth-order valence-corrected chi connectivity index (χ4v) is 2.27. The van der Waals surface area contributed by atoms with Crippen LogP contribution >= 0.6 is 0 Å². The summed E-state index contributed by atoms with van der Waals surface area (Å²) in [5.74, 6) is -1.23. The highest BCUT2D eigenvalue weighted by molar-refractivity contribution is 6.02. The van der Waals surface area contributed by atoms with E-state index in [0.29, 0.717) is 23.6 Å². The topological polar surface area (TPSA) is 105 Å². The van der Waals surface area contributed by atoms with Crippen LogP contribution in [-0.2, 0) is 9.59 Å². The van der Waals surface area contributed by atoms with Crippen molar-refractivity contribution in [3.8, 4) is 5.75 Å². The van der Waals surface area contributed by atoms with Gasteiger partial charge in [-0.25, -0.2) is 0 Å². The fourth-order valence-electron chi connectivity index (χ4n) is 2.27. The van der Waals surface area contributed by atoms with E-state index in [0.717, 1.165) is 12.0 Å². The van der Waals surface area contributed by atoms with Gasteiger partial charge in [0.15, 0.2) is 0 Å². The van der Waals surface area contributed by atoms with Gasteiger partial charge < -0.3 is 20.5 Å². The summed E-state index contributed by atoms with van der Waals surface area (Å²) in [6.45, 7) is 2.17. The minimum atomic E-state index is -1.12. The number of rotatable bonds is 9. The zero-order valence-electron chi connectivity index (χ0n) is 15.5. The lowest BCUT2D eigenvalue weighted by Crippen LogP contribution is -2.29. The number of hydrogen-bond acceptors (Lipinski definition) is 4. The SMILES string of the molecule is CCCOc1ccccc1/C=C/C(=O)Nc1ccc(C(=O)NCC(=O)O)cc1. The summed E-state index contributed by atoms with van der Waals surface area (Å²) in [6, 6.07) is 13.6. The lowest BCUT2D eigenvalue weighted by molar-refractivity contribution is -0.135. The number of hydrogen-bond donors (Lipinski definition) is 3. The standard InChI is InChI=1S/C21H22N2O5/c1-2-13-28-18-6-4-3-5-15(18)9-12-19(24)23-17-10-7-16(8-11-17)21(27)22-14-20(25)26/h3-12H,2,13-14H2,1H3,(H,22,27)(H,23,24)(H,25,26)/b12-9+. The molecule has 0 saturated heterocycles. The second-order valence-electron chi connectivity index (χ2n) is 5.86. The molecule has 146 valence electrons. The Hall–Kier alpha value is -3.61. The van der Waals surface area contributed by atoms with Crippen LogP contribution in [0.5, 0.6) is 5.75 Å². The predicted molar refractivity (Wildman–Crippen MR) is 106 cm³/mol. The van der Waals surface area contributed by atoms with Gasteiger partial charge >= 0.3 is 5.97 Å². The van der Waals surface area contributed by atoms with Crippen molar-refractivity contribution in [3.63, 3.8) is 0 Å². The summed E-state index contributed by atoms with van der Waals surface area (Å²) in [5, 5.41) is 13.5. The molecule has 2 aromatic carbocycles. The number of carboxylic acid groups (broad SMARTS) is 1. The Balaban J connectivity index is 1.95. The Labute approximate surface area is 163 Å². The van der Waals surface area contributed by atoms with Gasteiger partial charge in [0.1, 0.15) is 12.3 Å². The molecule has 28 heavy (non-hydrogen) atoms. The summed E-state index contributed by atoms with van der Waals surface area (Å²) in [5.41, 5.74) is 1.62. The molecule has 3 N–H and O–H groups in total. The van der Waals surface area contributed by atoms with Crippen LogP contribution in [-0.4, -0.2) is 36.0 Å². The third-order valence-corrected chi connectivity index (χ3v) is 3.61. The van der Waals surface area contributed by atoms with E-state index in [9.17, 15) is 14.4 Å². The van der Waals surface area contributed by atoms with Gasteiger partial charge in [0, 0.05) is 22.9 Å². The molecule has 7 nitrogen and oxygen atoms in total. The first-order valence-corrected chi connectivity index (χ1v) is 8.80. The second kappa shape index (κ2) is 10.5. The maximum Gasteiger partial charge on any atom is 0.322 e. The van der Waals surface area contributed by atoms with Gasteiger partial charge in [-0.3, -0.25) is 14.4 Å². The molecule has 0 atom stereocenters. The summed E-state index contributed by atoms with van der Waals surface area (Å²) < 4.78 is 5.65. The van der Waals surface area contributed by atoms with Gasteiger partial charge in [0.2, 0.25) is 5.91 Å². The van der Waals surface area contributed by atoms with Crippen molar-refractivity contribution in [1.29, 1.82) is 0 Å². The Morgan fingerprint density at radius 2 is 1.79 bits per heavy atom. The molecule has 0 unspecified atom stereocenters. The second-order valence-corrected chi connectivity index (χ2v) is 5.86. The molecule has 2 rings (SSSR count). The van der Waals surface area contributed by atoms with Crippen LogP contribution in [0.1, 0.15) is 29.3 Å². The molecule has 0 aliphatic carbocycles. The van der Waals surface area contributed by atoms with Crippen molar-refractivity contribution >= 4 is 29.5 Å². The maximum atomic E-state index is 12.1. The summed E-state index contributed by atoms with van der Waals surface area (Å²) in [6.07, 6.45) is 3.97. The monoisotopic (exact) mass is 382 g/mol. The lowest BCUT2D eigenvalue weighted by atomic mass is 10.1. The molecule has 0 heterocycles. The van der Waals surface area contributed by atoms with E-state index in [1.165, 1.54) is 18.2 Å². The average molecular weight is 382 g/mol. The summed E-state index contributed by atoms with van der Waals surface area (Å²) in [4.78, 5) is 34.4. The molecular weight excluding hydrogens is 360 g/mol. The van der Waals surface area contributed by atoms with E-state index in [-0.39, 0.29) is 5.91 Å². The van der Waals surface area contributed by atoms with Gasteiger partial charge in [0.05, 0.1) is 6.61 Å². The zero-order valence-corrected chi connectivity index (χ0v) is 15.5. The first-order chi connectivity index (χ1) is 13.5. The van der Waals surface area contributed by atoms with Crippen molar-refractivity contribution in [2.45, 2.75) is 13.3 Å². The van der Waals surface area contributed by atoms with Crippen molar-refractivity contribution in [2.24, 2.45) is 0 Å². The number of para-hydroxylation sites is 1. The van der Waals surface area contributed by atoms with Gasteiger partial charge in [-0.1, -0.05) is 25.1 Å². The molecule has 0 radical (unpaired) electrons. The van der Waals surface area contributed by atoms with Gasteiger partial charge in [-0.05, 0) is 42.8 Å². The quantitative estimate of drug-likeness (QED) is 0.579. The van der Waals surface area contributed by atoms with Crippen LogP contribution in [0.15, 0.2) is 54.6 Å². The largest absolute Gasteiger partial charge is 0.493 e. The smallest absolute Gasteiger partial charge is 0.322 e. The highest BCUT2D eigenvalue weighted by atomic mass is 16.5. The Morgan fingerprint density at radius 3 is 2.46 bits per heavy atom. The number of amides is 2. The van der Waals surface area contributed by atoms with E-state index < -0.39 is 18.4 Å². The number of anilines is 1. The molecular formula is C21H22N2O5. The lowest BCUT2D eigenvalue weighted by Gasteiger charge is -2.08. The number of benzene rings is 2. The summed E-state index contributed by atoms with van der Waals surface area (Å²) >= 11 is 0. The van der Waals surface area contributed by atoms with Crippen molar-refractivity contribution < 1.29 is 24.2 Å². The molecule has 0 spiro atoms. The van der Waals surface area contributed by atoms with E-state index in [2.05, 4.69) is 10.6 Å². The molecule has 0 fully saturated rings. The first kappa shape index (κ1) is 20.7. The Bertz CT molecular complexity index is 859. The van der Waals surface area contributed by atoms with Crippen molar-refractivity contribution in [1.82, 2.24) is 5.32 Å². The number of aliphatic carboxylic acids is 1. The molecule has 7 heteroatoms. The number of carbonyl (C=O) groups is 3. The summed E-state index contributed by atoms with van der Waals surface area (Å²) in [7, 11) is 0. The number of nitrogens with one attached hydrogen (secondary N) is 2. The van der Waals surface area contributed by atoms with Crippen molar-refractivity contribution in [3.05, 3.63) is 65.7 Å². The maximum absolute atomic E-state index is 12.1. The predicted octanol–water partition coefficient (Wildman–Crippen LogP) is 2.94. The van der Waals surface area contributed by atoms with E-state index in [1.54, 1.807) is 18.2 Å². The highest BCUT2D eigenvalue weighted by Gasteiger charge is 2.07. The van der Waals surface area contributed by atoms with Crippen LogP contribution in [0.3, 0.4) is 0 Å². The average Bonchev–Trinajstić information content (AvgIpc) is 2.70. The molecule has 0 aliphatic heterocycles. The normalized spacial score (nSPS) is 10.5. The zero-order chi connectivity index (χ0) is 20.4. The third-order valence-electron chi connectivity index (χ3n) is 3.61. The van der Waals surface area contributed by atoms with Gasteiger partial charge in [0.25, 0.3) is 5.91 Å².